The molecule has 0 aromatic carbocycles. The number of ketones is 1. The first kappa shape index (κ1) is 13.3. The average Bonchev–Trinajstić information content (AvgIpc) is 2.93. The van der Waals surface area contributed by atoms with Gasteiger partial charge in [0.1, 0.15) is 0 Å². The molecule has 0 radical (unpaired) electrons. The van der Waals surface area contributed by atoms with Crippen LogP contribution in [0.1, 0.15) is 16.1 Å². The van der Waals surface area contributed by atoms with E-state index in [9.17, 15) is 18.0 Å². The maximum absolute atomic E-state index is 12.2. The Bertz CT molecular complexity index is 585. The van der Waals surface area contributed by atoms with Gasteiger partial charge >= 0.3 is 6.18 Å². The van der Waals surface area contributed by atoms with Gasteiger partial charge in [-0.05, 0) is 6.07 Å². The highest BCUT2D eigenvalue weighted by molar-refractivity contribution is 5.99. The molecule has 0 saturated heterocycles. The molecule has 0 unspecified atom stereocenters. The van der Waals surface area contributed by atoms with E-state index in [0.717, 1.165) is 18.1 Å². The lowest BCUT2D eigenvalue weighted by atomic mass is 10.2. The topological polar surface area (TPSA) is 52.7 Å². The quantitative estimate of drug-likeness (QED) is 0.794. The van der Waals surface area contributed by atoms with Crippen LogP contribution in [-0.4, -0.2) is 31.5 Å². The van der Waals surface area contributed by atoms with Gasteiger partial charge in [0, 0.05) is 38.1 Å². The van der Waals surface area contributed by atoms with Gasteiger partial charge in [0.15, 0.2) is 0 Å². The van der Waals surface area contributed by atoms with Gasteiger partial charge in [-0.25, -0.2) is 0 Å². The number of hydrogen-bond acceptors (Lipinski definition) is 3. The summed E-state index contributed by atoms with van der Waals surface area (Å²) in [5.74, 6) is -1.88. The number of rotatable bonds is 4. The minimum absolute atomic E-state index is 0.380. The average molecular weight is 272 g/mol. The first-order valence-electron chi connectivity index (χ1n) is 5.49. The summed E-state index contributed by atoms with van der Waals surface area (Å²) >= 11 is 0. The molecule has 8 heteroatoms. The maximum Gasteiger partial charge on any atom is 0.454 e. The Balaban J connectivity index is 2.02. The second-order valence-electron chi connectivity index (χ2n) is 4.02. The molecular formula is C11H11F3N4O. The van der Waals surface area contributed by atoms with Gasteiger partial charge in [-0.15, -0.1) is 0 Å². The van der Waals surface area contributed by atoms with Crippen molar-refractivity contribution in [2.45, 2.75) is 19.1 Å². The molecule has 0 spiro atoms. The van der Waals surface area contributed by atoms with Crippen molar-refractivity contribution in [3.8, 4) is 0 Å². The van der Waals surface area contributed by atoms with Crippen LogP contribution in [0.25, 0.3) is 0 Å². The first-order chi connectivity index (χ1) is 8.88. The lowest BCUT2D eigenvalue weighted by molar-refractivity contribution is -0.0885. The third kappa shape index (κ3) is 3.01. The summed E-state index contributed by atoms with van der Waals surface area (Å²) in [6, 6.07) is 1.81. The molecule has 0 bridgehead atoms. The second-order valence-corrected chi connectivity index (χ2v) is 4.02. The summed E-state index contributed by atoms with van der Waals surface area (Å²) in [6.07, 6.45) is -0.629. The van der Waals surface area contributed by atoms with Crippen LogP contribution in [0.4, 0.5) is 13.2 Å². The van der Waals surface area contributed by atoms with Crippen LogP contribution in [-0.2, 0) is 20.0 Å². The Morgan fingerprint density at radius 3 is 2.68 bits per heavy atom. The molecule has 2 aromatic heterocycles. The SMILES string of the molecule is Cn1nccc1CCn1cc(C(=O)C(F)(F)F)cn1. The molecule has 0 aliphatic carbocycles. The number of aryl methyl sites for hydroxylation is 3. The Morgan fingerprint density at radius 2 is 2.11 bits per heavy atom. The Morgan fingerprint density at radius 1 is 1.37 bits per heavy atom. The van der Waals surface area contributed by atoms with E-state index in [0.29, 0.717) is 13.0 Å². The highest BCUT2D eigenvalue weighted by Gasteiger charge is 2.39. The largest absolute Gasteiger partial charge is 0.454 e. The van der Waals surface area contributed by atoms with Gasteiger partial charge in [0.25, 0.3) is 5.78 Å². The van der Waals surface area contributed by atoms with E-state index in [4.69, 9.17) is 0 Å². The number of carbonyl (C=O) groups excluding carboxylic acids is 1. The minimum Gasteiger partial charge on any atom is -0.284 e. The summed E-state index contributed by atoms with van der Waals surface area (Å²) in [5, 5.41) is 7.72. The summed E-state index contributed by atoms with van der Waals surface area (Å²) in [4.78, 5) is 11.0. The number of nitrogens with zero attached hydrogens (tertiary/aromatic N) is 4. The molecule has 2 rings (SSSR count). The van der Waals surface area contributed by atoms with Crippen LogP contribution in [0.2, 0.25) is 0 Å². The molecule has 19 heavy (non-hydrogen) atoms. The molecule has 0 saturated carbocycles. The number of aromatic nitrogens is 4. The van der Waals surface area contributed by atoms with Crippen LogP contribution in [0.5, 0.6) is 0 Å². The van der Waals surface area contributed by atoms with E-state index in [1.165, 1.54) is 4.68 Å². The van der Waals surface area contributed by atoms with E-state index in [-0.39, 0.29) is 0 Å². The zero-order valence-corrected chi connectivity index (χ0v) is 10.1. The fraction of sp³-hybridized carbons (Fsp3) is 0.364. The van der Waals surface area contributed by atoms with Crippen molar-refractivity contribution in [1.82, 2.24) is 19.6 Å². The zero-order chi connectivity index (χ0) is 14.0. The van der Waals surface area contributed by atoms with Crippen molar-refractivity contribution >= 4 is 5.78 Å². The number of Topliss-reactive ketones (excluding diaryl/α,β-unsaturated/α-hetero) is 1. The summed E-state index contributed by atoms with van der Waals surface area (Å²) in [7, 11) is 1.77. The molecule has 2 heterocycles. The Hall–Kier alpha value is -2.12. The van der Waals surface area contributed by atoms with E-state index in [1.54, 1.807) is 17.9 Å². The van der Waals surface area contributed by atoms with Crippen LogP contribution >= 0.6 is 0 Å². The summed E-state index contributed by atoms with van der Waals surface area (Å²) in [5.41, 5.74) is 0.483. The van der Waals surface area contributed by atoms with Gasteiger partial charge in [0.2, 0.25) is 0 Å². The molecule has 2 aromatic rings. The van der Waals surface area contributed by atoms with Gasteiger partial charge < -0.3 is 0 Å². The lowest BCUT2D eigenvalue weighted by Gasteiger charge is -2.03. The molecule has 0 N–H and O–H groups in total. The van der Waals surface area contributed by atoms with Crippen LogP contribution in [0.3, 0.4) is 0 Å². The van der Waals surface area contributed by atoms with Gasteiger partial charge in [-0.3, -0.25) is 14.2 Å². The molecular weight excluding hydrogens is 261 g/mol. The smallest absolute Gasteiger partial charge is 0.284 e. The molecule has 5 nitrogen and oxygen atoms in total. The van der Waals surface area contributed by atoms with Crippen molar-refractivity contribution in [3.63, 3.8) is 0 Å². The summed E-state index contributed by atoms with van der Waals surface area (Å²) in [6.45, 7) is 0.380. The van der Waals surface area contributed by atoms with E-state index in [2.05, 4.69) is 10.2 Å². The minimum atomic E-state index is -4.87. The fourth-order valence-electron chi connectivity index (χ4n) is 1.64. The number of hydrogen-bond donors (Lipinski definition) is 0. The third-order valence-corrected chi connectivity index (χ3v) is 2.67. The Labute approximate surface area is 106 Å². The third-order valence-electron chi connectivity index (χ3n) is 2.67. The molecule has 0 atom stereocenters. The maximum atomic E-state index is 12.2. The molecule has 0 amide bonds. The van der Waals surface area contributed by atoms with E-state index >= 15 is 0 Å². The molecule has 102 valence electrons. The highest BCUT2D eigenvalue weighted by atomic mass is 19.4. The lowest BCUT2D eigenvalue weighted by Crippen LogP contribution is -2.22. The highest BCUT2D eigenvalue weighted by Crippen LogP contribution is 2.20. The normalized spacial score (nSPS) is 11.8. The number of halogens is 3. The van der Waals surface area contributed by atoms with Crippen molar-refractivity contribution in [1.29, 1.82) is 0 Å². The standard InChI is InChI=1S/C11H11F3N4O/c1-17-9(2-4-15-17)3-5-18-7-8(6-16-18)10(19)11(12,13)14/h2,4,6-7H,3,5H2,1H3. The Kier molecular flexibility index (Phi) is 3.41. The van der Waals surface area contributed by atoms with Crippen molar-refractivity contribution in [3.05, 3.63) is 35.9 Å². The van der Waals surface area contributed by atoms with Gasteiger partial charge in [0.05, 0.1) is 11.8 Å². The van der Waals surface area contributed by atoms with E-state index < -0.39 is 17.5 Å². The fourth-order valence-corrected chi connectivity index (χ4v) is 1.64. The van der Waals surface area contributed by atoms with Gasteiger partial charge in [-0.1, -0.05) is 0 Å². The van der Waals surface area contributed by atoms with E-state index in [1.807, 2.05) is 6.07 Å². The monoisotopic (exact) mass is 272 g/mol. The van der Waals surface area contributed by atoms with Gasteiger partial charge in [-0.2, -0.15) is 23.4 Å². The van der Waals surface area contributed by atoms with Crippen molar-refractivity contribution < 1.29 is 18.0 Å². The second kappa shape index (κ2) is 4.87. The van der Waals surface area contributed by atoms with Crippen molar-refractivity contribution in [2.24, 2.45) is 7.05 Å². The molecule has 0 fully saturated rings. The van der Waals surface area contributed by atoms with Crippen LogP contribution in [0.15, 0.2) is 24.7 Å². The molecule has 0 aliphatic rings. The molecule has 0 aliphatic heterocycles. The van der Waals surface area contributed by atoms with Crippen LogP contribution in [0, 0.1) is 0 Å². The zero-order valence-electron chi connectivity index (χ0n) is 10.1. The predicted octanol–water partition coefficient (Wildman–Crippen LogP) is 1.60. The number of alkyl halides is 3. The summed E-state index contributed by atoms with van der Waals surface area (Å²) < 4.78 is 39.6. The van der Waals surface area contributed by atoms with Crippen molar-refractivity contribution in [2.75, 3.05) is 0 Å². The number of carbonyl (C=O) groups is 1. The predicted molar refractivity (Wildman–Crippen MR) is 59.5 cm³/mol. The first-order valence-corrected chi connectivity index (χ1v) is 5.49. The van der Waals surface area contributed by atoms with Crippen LogP contribution < -0.4 is 0 Å².